The molecule has 2 atom stereocenters. The molecule has 76 valence electrons. The molecule has 0 amide bonds. The molecule has 0 spiro atoms. The smallest absolute Gasteiger partial charge is 0.233 e. The van der Waals surface area contributed by atoms with Gasteiger partial charge in [0.05, 0.1) is 6.07 Å². The van der Waals surface area contributed by atoms with Crippen molar-refractivity contribution in [3.05, 3.63) is 11.8 Å². The fraction of sp³-hybridized carbons (Fsp3) is 0.700. The molecule has 0 fully saturated rings. The lowest BCUT2D eigenvalue weighted by Crippen LogP contribution is -2.01. The van der Waals surface area contributed by atoms with Crippen LogP contribution >= 0.6 is 0 Å². The standard InChI is InChI=1S/C10H15N3O/c1-6(2)8(4)10-13-12-9(14-10)7(3)5-11/h6-8H,1-4H3/t7?,8-/m0/s1. The Balaban J connectivity index is 2.84. The highest BCUT2D eigenvalue weighted by atomic mass is 16.4. The van der Waals surface area contributed by atoms with E-state index in [1.54, 1.807) is 6.92 Å². The molecule has 14 heavy (non-hydrogen) atoms. The van der Waals surface area contributed by atoms with Crippen molar-refractivity contribution in [3.8, 4) is 6.07 Å². The van der Waals surface area contributed by atoms with Gasteiger partial charge in [0.15, 0.2) is 0 Å². The Labute approximate surface area is 83.9 Å². The summed E-state index contributed by atoms with van der Waals surface area (Å²) in [5.74, 6) is 1.41. The highest BCUT2D eigenvalue weighted by molar-refractivity contribution is 5.03. The van der Waals surface area contributed by atoms with E-state index in [0.717, 1.165) is 0 Å². The van der Waals surface area contributed by atoms with Crippen LogP contribution in [-0.2, 0) is 0 Å². The summed E-state index contributed by atoms with van der Waals surface area (Å²) < 4.78 is 5.41. The number of hydrogen-bond donors (Lipinski definition) is 0. The second-order valence-electron chi connectivity index (χ2n) is 3.86. The van der Waals surface area contributed by atoms with Crippen LogP contribution in [0, 0.1) is 17.2 Å². The molecule has 1 heterocycles. The Morgan fingerprint density at radius 3 is 2.21 bits per heavy atom. The predicted octanol–water partition coefficient (Wildman–Crippen LogP) is 2.46. The second-order valence-corrected chi connectivity index (χ2v) is 3.86. The van der Waals surface area contributed by atoms with Gasteiger partial charge < -0.3 is 4.42 Å². The number of nitrogens with zero attached hydrogens (tertiary/aromatic N) is 3. The molecule has 0 bridgehead atoms. The SMILES string of the molecule is CC(C#N)c1nnc([C@@H](C)C(C)C)o1. The van der Waals surface area contributed by atoms with Crippen molar-refractivity contribution in [3.63, 3.8) is 0 Å². The van der Waals surface area contributed by atoms with Gasteiger partial charge in [-0.15, -0.1) is 10.2 Å². The lowest BCUT2D eigenvalue weighted by Gasteiger charge is -2.09. The van der Waals surface area contributed by atoms with Gasteiger partial charge in [-0.1, -0.05) is 20.8 Å². The van der Waals surface area contributed by atoms with Gasteiger partial charge in [-0.25, -0.2) is 0 Å². The summed E-state index contributed by atoms with van der Waals surface area (Å²) in [4.78, 5) is 0. The molecule has 1 aromatic heterocycles. The third-order valence-electron chi connectivity index (χ3n) is 2.41. The van der Waals surface area contributed by atoms with Crippen LogP contribution in [0.25, 0.3) is 0 Å². The lowest BCUT2D eigenvalue weighted by atomic mass is 9.98. The van der Waals surface area contributed by atoms with Crippen LogP contribution in [0.4, 0.5) is 0 Å². The zero-order valence-electron chi connectivity index (χ0n) is 8.98. The fourth-order valence-electron chi connectivity index (χ4n) is 0.946. The molecule has 1 aromatic rings. The summed E-state index contributed by atoms with van der Waals surface area (Å²) in [5.41, 5.74) is 0. The molecule has 0 N–H and O–H groups in total. The van der Waals surface area contributed by atoms with Crippen molar-refractivity contribution in [2.45, 2.75) is 39.5 Å². The fourth-order valence-corrected chi connectivity index (χ4v) is 0.946. The van der Waals surface area contributed by atoms with E-state index in [2.05, 4.69) is 30.1 Å². The van der Waals surface area contributed by atoms with Gasteiger partial charge in [0.25, 0.3) is 0 Å². The quantitative estimate of drug-likeness (QED) is 0.739. The minimum absolute atomic E-state index is 0.238. The first-order chi connectivity index (χ1) is 6.56. The molecule has 1 rings (SSSR count). The van der Waals surface area contributed by atoms with Crippen LogP contribution in [0.2, 0.25) is 0 Å². The molecule has 4 nitrogen and oxygen atoms in total. The third-order valence-corrected chi connectivity index (χ3v) is 2.41. The summed E-state index contributed by atoms with van der Waals surface area (Å²) in [6.07, 6.45) is 0. The van der Waals surface area contributed by atoms with Crippen LogP contribution in [0.3, 0.4) is 0 Å². The van der Waals surface area contributed by atoms with E-state index in [-0.39, 0.29) is 11.8 Å². The summed E-state index contributed by atoms with van der Waals surface area (Å²) in [5, 5.41) is 16.5. The van der Waals surface area contributed by atoms with Crippen molar-refractivity contribution in [2.75, 3.05) is 0 Å². The van der Waals surface area contributed by atoms with Crippen LogP contribution < -0.4 is 0 Å². The molecule has 0 saturated heterocycles. The highest BCUT2D eigenvalue weighted by Gasteiger charge is 2.19. The van der Waals surface area contributed by atoms with E-state index >= 15 is 0 Å². The van der Waals surface area contributed by atoms with E-state index < -0.39 is 0 Å². The Kier molecular flexibility index (Phi) is 3.23. The number of hydrogen-bond acceptors (Lipinski definition) is 4. The van der Waals surface area contributed by atoms with E-state index in [0.29, 0.717) is 17.7 Å². The Hall–Kier alpha value is -1.37. The normalized spacial score (nSPS) is 15.1. The maximum atomic E-state index is 8.67. The summed E-state index contributed by atoms with van der Waals surface area (Å²) in [6, 6.07) is 2.07. The van der Waals surface area contributed by atoms with Crippen LogP contribution in [0.1, 0.15) is 51.3 Å². The van der Waals surface area contributed by atoms with Crippen LogP contribution in [-0.4, -0.2) is 10.2 Å². The molecule has 0 aromatic carbocycles. The van der Waals surface area contributed by atoms with E-state index in [9.17, 15) is 0 Å². The van der Waals surface area contributed by atoms with Gasteiger partial charge in [0.2, 0.25) is 11.8 Å². The molecular formula is C10H15N3O. The average Bonchev–Trinajstić information content (AvgIpc) is 2.64. The minimum Gasteiger partial charge on any atom is -0.424 e. The molecule has 0 saturated carbocycles. The number of rotatable bonds is 3. The van der Waals surface area contributed by atoms with Crippen LogP contribution in [0.15, 0.2) is 4.42 Å². The Morgan fingerprint density at radius 1 is 1.14 bits per heavy atom. The van der Waals surface area contributed by atoms with E-state index in [1.165, 1.54) is 0 Å². The first-order valence-corrected chi connectivity index (χ1v) is 4.79. The summed E-state index contributed by atoms with van der Waals surface area (Å²) in [7, 11) is 0. The highest BCUT2D eigenvalue weighted by Crippen LogP contribution is 2.23. The lowest BCUT2D eigenvalue weighted by molar-refractivity contribution is 0.378. The predicted molar refractivity (Wildman–Crippen MR) is 51.6 cm³/mol. The molecule has 4 heteroatoms. The van der Waals surface area contributed by atoms with E-state index in [4.69, 9.17) is 9.68 Å². The van der Waals surface area contributed by atoms with Gasteiger partial charge in [0, 0.05) is 5.92 Å². The maximum Gasteiger partial charge on any atom is 0.233 e. The molecule has 0 aliphatic rings. The Bertz CT molecular complexity index is 337. The zero-order chi connectivity index (χ0) is 10.7. The number of aromatic nitrogens is 2. The molecule has 0 radical (unpaired) electrons. The molecular weight excluding hydrogens is 178 g/mol. The third kappa shape index (κ3) is 2.11. The van der Waals surface area contributed by atoms with Gasteiger partial charge >= 0.3 is 0 Å². The molecule has 1 unspecified atom stereocenters. The molecule has 0 aliphatic heterocycles. The Morgan fingerprint density at radius 2 is 1.71 bits per heavy atom. The van der Waals surface area contributed by atoms with Gasteiger partial charge in [-0.2, -0.15) is 5.26 Å². The largest absolute Gasteiger partial charge is 0.424 e. The summed E-state index contributed by atoms with van der Waals surface area (Å²) in [6.45, 7) is 7.99. The van der Waals surface area contributed by atoms with Crippen molar-refractivity contribution in [2.24, 2.45) is 5.92 Å². The van der Waals surface area contributed by atoms with Gasteiger partial charge in [0.1, 0.15) is 5.92 Å². The first-order valence-electron chi connectivity index (χ1n) is 4.79. The van der Waals surface area contributed by atoms with E-state index in [1.807, 2.05) is 6.92 Å². The van der Waals surface area contributed by atoms with Crippen molar-refractivity contribution >= 4 is 0 Å². The topological polar surface area (TPSA) is 62.7 Å². The van der Waals surface area contributed by atoms with Gasteiger partial charge in [-0.3, -0.25) is 0 Å². The summed E-state index contributed by atoms with van der Waals surface area (Å²) >= 11 is 0. The first kappa shape index (κ1) is 10.7. The maximum absolute atomic E-state index is 8.67. The zero-order valence-corrected chi connectivity index (χ0v) is 8.98. The van der Waals surface area contributed by atoms with Crippen molar-refractivity contribution in [1.82, 2.24) is 10.2 Å². The van der Waals surface area contributed by atoms with Crippen molar-refractivity contribution < 1.29 is 4.42 Å². The minimum atomic E-state index is -0.324. The van der Waals surface area contributed by atoms with Crippen LogP contribution in [0.5, 0.6) is 0 Å². The monoisotopic (exact) mass is 193 g/mol. The van der Waals surface area contributed by atoms with Gasteiger partial charge in [-0.05, 0) is 12.8 Å². The second kappa shape index (κ2) is 4.23. The molecule has 0 aliphatic carbocycles. The van der Waals surface area contributed by atoms with Crippen molar-refractivity contribution in [1.29, 1.82) is 5.26 Å². The average molecular weight is 193 g/mol. The number of nitriles is 1.